The molecule has 1 aliphatic rings. The van der Waals surface area contributed by atoms with Crippen LogP contribution in [0.2, 0.25) is 0 Å². The molecule has 0 radical (unpaired) electrons. The molecule has 1 aliphatic heterocycles. The Hall–Kier alpha value is -1.47. The van der Waals surface area contributed by atoms with E-state index in [1.807, 2.05) is 12.1 Å². The van der Waals surface area contributed by atoms with Gasteiger partial charge in [-0.05, 0) is 17.7 Å². The second-order valence-corrected chi connectivity index (χ2v) is 5.20. The molecule has 0 spiro atoms. The minimum absolute atomic E-state index is 0.132. The Morgan fingerprint density at radius 3 is 2.71 bits per heavy atom. The number of hydrogen-bond acceptors (Lipinski definition) is 5. The van der Waals surface area contributed by atoms with Gasteiger partial charge in [0.05, 0.1) is 25.9 Å². The molecule has 1 heterocycles. The van der Waals surface area contributed by atoms with E-state index in [1.54, 1.807) is 19.2 Å². The van der Waals surface area contributed by atoms with E-state index in [-0.39, 0.29) is 25.0 Å². The van der Waals surface area contributed by atoms with Crippen LogP contribution in [-0.2, 0) is 16.1 Å². The van der Waals surface area contributed by atoms with Crippen molar-refractivity contribution < 1.29 is 24.5 Å². The maximum absolute atomic E-state index is 12.0. The third-order valence-electron chi connectivity index (χ3n) is 3.55. The minimum Gasteiger partial charge on any atom is -0.390 e. The highest BCUT2D eigenvalue weighted by atomic mass is 16.5. The predicted octanol–water partition coefficient (Wildman–Crippen LogP) is -0.0690. The van der Waals surface area contributed by atoms with E-state index in [9.17, 15) is 15.0 Å². The van der Waals surface area contributed by atoms with Gasteiger partial charge in [-0.3, -0.25) is 4.79 Å². The summed E-state index contributed by atoms with van der Waals surface area (Å²) in [5, 5.41) is 22.1. The van der Waals surface area contributed by atoms with E-state index in [2.05, 4.69) is 5.32 Å². The molecule has 1 aromatic rings. The lowest BCUT2D eigenvalue weighted by atomic mass is 9.96. The molecular weight excluding hydrogens is 274 g/mol. The summed E-state index contributed by atoms with van der Waals surface area (Å²) in [5.41, 5.74) is 1.54. The van der Waals surface area contributed by atoms with Crippen LogP contribution in [0.3, 0.4) is 0 Å². The highest BCUT2D eigenvalue weighted by Crippen LogP contribution is 2.14. The van der Waals surface area contributed by atoms with Gasteiger partial charge >= 0.3 is 0 Å². The molecule has 6 nitrogen and oxygen atoms in total. The molecule has 2 rings (SSSR count). The van der Waals surface area contributed by atoms with E-state index in [0.29, 0.717) is 18.8 Å². The summed E-state index contributed by atoms with van der Waals surface area (Å²) in [7, 11) is 1.62. The summed E-state index contributed by atoms with van der Waals surface area (Å²) in [6.07, 6.45) is -1.77. The largest absolute Gasteiger partial charge is 0.390 e. The highest BCUT2D eigenvalue weighted by molar-refractivity contribution is 5.94. The minimum atomic E-state index is -0.894. The van der Waals surface area contributed by atoms with Crippen LogP contribution in [0.1, 0.15) is 15.9 Å². The second-order valence-electron chi connectivity index (χ2n) is 5.20. The van der Waals surface area contributed by atoms with Crippen molar-refractivity contribution in [2.24, 2.45) is 5.92 Å². The molecule has 1 amide bonds. The van der Waals surface area contributed by atoms with Crippen molar-refractivity contribution >= 4 is 5.91 Å². The molecule has 0 unspecified atom stereocenters. The fourth-order valence-electron chi connectivity index (χ4n) is 2.28. The second kappa shape index (κ2) is 7.51. The van der Waals surface area contributed by atoms with Crippen LogP contribution in [0.15, 0.2) is 24.3 Å². The number of amides is 1. The van der Waals surface area contributed by atoms with Gasteiger partial charge in [0.2, 0.25) is 0 Å². The number of nitrogens with one attached hydrogen (secondary N) is 1. The van der Waals surface area contributed by atoms with E-state index >= 15 is 0 Å². The Morgan fingerprint density at radius 1 is 1.33 bits per heavy atom. The van der Waals surface area contributed by atoms with Crippen molar-refractivity contribution in [2.45, 2.75) is 18.8 Å². The van der Waals surface area contributed by atoms with E-state index in [4.69, 9.17) is 9.47 Å². The SMILES string of the molecule is COCc1ccc(C(=O)NC[C@@H]2COC[C@@H](O)[C@H]2O)cc1. The van der Waals surface area contributed by atoms with Crippen LogP contribution in [0.4, 0.5) is 0 Å². The molecule has 1 saturated heterocycles. The third kappa shape index (κ3) is 4.25. The van der Waals surface area contributed by atoms with Crippen molar-refractivity contribution in [1.29, 1.82) is 0 Å². The zero-order valence-corrected chi connectivity index (χ0v) is 12.0. The first-order valence-corrected chi connectivity index (χ1v) is 6.91. The fourth-order valence-corrected chi connectivity index (χ4v) is 2.28. The fraction of sp³-hybridized carbons (Fsp3) is 0.533. The van der Waals surface area contributed by atoms with Gasteiger partial charge in [0.25, 0.3) is 5.91 Å². The number of carbonyl (C=O) groups is 1. The van der Waals surface area contributed by atoms with Gasteiger partial charge in [0.15, 0.2) is 0 Å². The Labute approximate surface area is 123 Å². The Morgan fingerprint density at radius 2 is 2.05 bits per heavy atom. The molecule has 1 fully saturated rings. The first-order valence-electron chi connectivity index (χ1n) is 6.91. The van der Waals surface area contributed by atoms with E-state index in [1.165, 1.54) is 0 Å². The standard InChI is InChI=1S/C15H21NO5/c1-20-7-10-2-4-11(5-3-10)15(19)16-6-12-8-21-9-13(17)14(12)18/h2-5,12-14,17-18H,6-9H2,1H3,(H,16,19)/t12-,13-,14+/m1/s1. The van der Waals surface area contributed by atoms with E-state index in [0.717, 1.165) is 5.56 Å². The topological polar surface area (TPSA) is 88.0 Å². The highest BCUT2D eigenvalue weighted by Gasteiger charge is 2.31. The lowest BCUT2D eigenvalue weighted by Crippen LogP contribution is -2.48. The number of methoxy groups -OCH3 is 1. The predicted molar refractivity (Wildman–Crippen MR) is 75.8 cm³/mol. The number of rotatable bonds is 5. The Bertz CT molecular complexity index is 462. The summed E-state index contributed by atoms with van der Waals surface area (Å²) >= 11 is 0. The van der Waals surface area contributed by atoms with Gasteiger partial charge in [-0.1, -0.05) is 12.1 Å². The monoisotopic (exact) mass is 295 g/mol. The van der Waals surface area contributed by atoms with Crippen molar-refractivity contribution in [2.75, 3.05) is 26.9 Å². The Kier molecular flexibility index (Phi) is 5.69. The van der Waals surface area contributed by atoms with Crippen LogP contribution < -0.4 is 5.32 Å². The lowest BCUT2D eigenvalue weighted by molar-refractivity contribution is -0.118. The number of aliphatic hydroxyl groups is 2. The van der Waals surface area contributed by atoms with Crippen molar-refractivity contribution in [3.05, 3.63) is 35.4 Å². The molecule has 0 aliphatic carbocycles. The summed E-state index contributed by atoms with van der Waals surface area (Å²) in [6.45, 7) is 1.22. The van der Waals surface area contributed by atoms with Crippen LogP contribution in [0.5, 0.6) is 0 Å². The molecular formula is C15H21NO5. The normalized spacial score (nSPS) is 25.6. The first-order chi connectivity index (χ1) is 10.1. The quantitative estimate of drug-likeness (QED) is 0.708. The zero-order chi connectivity index (χ0) is 15.2. The molecule has 1 aromatic carbocycles. The van der Waals surface area contributed by atoms with Gasteiger partial charge in [-0.15, -0.1) is 0 Å². The first kappa shape index (κ1) is 15.9. The van der Waals surface area contributed by atoms with Gasteiger partial charge in [-0.2, -0.15) is 0 Å². The van der Waals surface area contributed by atoms with E-state index < -0.39 is 12.2 Å². The average Bonchev–Trinajstić information content (AvgIpc) is 2.49. The van der Waals surface area contributed by atoms with Crippen LogP contribution in [0, 0.1) is 5.92 Å². The lowest BCUT2D eigenvalue weighted by Gasteiger charge is -2.31. The number of aliphatic hydroxyl groups excluding tert-OH is 2. The van der Waals surface area contributed by atoms with Crippen LogP contribution >= 0.6 is 0 Å². The number of benzene rings is 1. The third-order valence-corrected chi connectivity index (χ3v) is 3.55. The molecule has 0 saturated carbocycles. The number of ether oxygens (including phenoxy) is 2. The van der Waals surface area contributed by atoms with Gasteiger partial charge in [0, 0.05) is 25.1 Å². The van der Waals surface area contributed by atoms with Crippen molar-refractivity contribution in [3.63, 3.8) is 0 Å². The van der Waals surface area contributed by atoms with Gasteiger partial charge in [0.1, 0.15) is 6.10 Å². The number of carbonyl (C=O) groups excluding carboxylic acids is 1. The molecule has 3 N–H and O–H groups in total. The Balaban J connectivity index is 1.86. The zero-order valence-electron chi connectivity index (χ0n) is 12.0. The summed E-state index contributed by atoms with van der Waals surface area (Å²) in [6, 6.07) is 7.13. The molecule has 3 atom stereocenters. The van der Waals surface area contributed by atoms with Crippen molar-refractivity contribution in [3.8, 4) is 0 Å². The maximum Gasteiger partial charge on any atom is 0.251 e. The summed E-state index contributed by atoms with van der Waals surface area (Å²) < 4.78 is 10.2. The summed E-state index contributed by atoms with van der Waals surface area (Å²) in [5.74, 6) is -0.517. The maximum atomic E-state index is 12.0. The van der Waals surface area contributed by atoms with Gasteiger partial charge < -0.3 is 25.0 Å². The summed E-state index contributed by atoms with van der Waals surface area (Å²) in [4.78, 5) is 12.0. The van der Waals surface area contributed by atoms with Crippen LogP contribution in [0.25, 0.3) is 0 Å². The van der Waals surface area contributed by atoms with Gasteiger partial charge in [-0.25, -0.2) is 0 Å². The molecule has 0 aromatic heterocycles. The van der Waals surface area contributed by atoms with Crippen LogP contribution in [-0.4, -0.2) is 55.2 Å². The molecule has 0 bridgehead atoms. The molecule has 116 valence electrons. The average molecular weight is 295 g/mol. The molecule has 6 heteroatoms. The molecule has 21 heavy (non-hydrogen) atoms. The van der Waals surface area contributed by atoms with Crippen molar-refractivity contribution in [1.82, 2.24) is 5.32 Å². The number of hydrogen-bond donors (Lipinski definition) is 3. The smallest absolute Gasteiger partial charge is 0.251 e.